The summed E-state index contributed by atoms with van der Waals surface area (Å²) in [5.41, 5.74) is 2.90. The molecule has 142 valence electrons. The number of rotatable bonds is 5. The summed E-state index contributed by atoms with van der Waals surface area (Å²) in [5.74, 6) is 1.27. The molecule has 1 aliphatic heterocycles. The number of hydrogen-bond acceptors (Lipinski definition) is 3. The smallest absolute Gasteiger partial charge is 0.262 e. The summed E-state index contributed by atoms with van der Waals surface area (Å²) in [6.45, 7) is 6.31. The summed E-state index contributed by atoms with van der Waals surface area (Å²) in [6, 6.07) is 15.4. The van der Waals surface area contributed by atoms with Crippen molar-refractivity contribution in [1.29, 1.82) is 0 Å². The number of nitrogens with one attached hydrogen (secondary N) is 1. The average Bonchev–Trinajstić information content (AvgIpc) is 2.67. The van der Waals surface area contributed by atoms with E-state index in [9.17, 15) is 4.79 Å². The van der Waals surface area contributed by atoms with Crippen LogP contribution >= 0.6 is 12.2 Å². The molecular weight excluding hydrogens is 356 g/mol. The number of ether oxygens (including phenoxy) is 1. The summed E-state index contributed by atoms with van der Waals surface area (Å²) >= 11 is 5.63. The van der Waals surface area contributed by atoms with Crippen molar-refractivity contribution in [3.63, 3.8) is 0 Å². The number of anilines is 1. The van der Waals surface area contributed by atoms with Crippen LogP contribution in [-0.4, -0.2) is 35.5 Å². The Morgan fingerprint density at radius 3 is 2.56 bits per heavy atom. The quantitative estimate of drug-likeness (QED) is 0.777. The van der Waals surface area contributed by atoms with Crippen LogP contribution in [0.1, 0.15) is 30.9 Å². The van der Waals surface area contributed by atoms with E-state index in [-0.39, 0.29) is 12.5 Å². The largest absolute Gasteiger partial charge is 0.484 e. The molecule has 3 rings (SSSR count). The van der Waals surface area contributed by atoms with E-state index in [1.54, 1.807) is 0 Å². The van der Waals surface area contributed by atoms with Gasteiger partial charge in [-0.1, -0.05) is 31.3 Å². The molecule has 2 aromatic carbocycles. The van der Waals surface area contributed by atoms with E-state index in [1.807, 2.05) is 55.5 Å². The molecule has 4 nitrogen and oxygen atoms in total. The van der Waals surface area contributed by atoms with Crippen molar-refractivity contribution in [1.82, 2.24) is 4.90 Å². The number of hydrogen-bond donors (Lipinski definition) is 1. The van der Waals surface area contributed by atoms with E-state index in [0.717, 1.165) is 40.8 Å². The first-order chi connectivity index (χ1) is 13.0. The molecule has 0 aromatic heterocycles. The fourth-order valence-corrected chi connectivity index (χ4v) is 3.48. The van der Waals surface area contributed by atoms with Crippen molar-refractivity contribution in [3.8, 4) is 5.75 Å². The van der Waals surface area contributed by atoms with Crippen LogP contribution in [0, 0.1) is 12.8 Å². The number of amides is 1. The number of thiocarbonyl (C=S) groups is 1. The van der Waals surface area contributed by atoms with Crippen molar-refractivity contribution in [3.05, 3.63) is 59.7 Å². The van der Waals surface area contributed by atoms with Gasteiger partial charge in [-0.3, -0.25) is 4.79 Å². The van der Waals surface area contributed by atoms with Gasteiger partial charge in [-0.25, -0.2) is 0 Å². The zero-order chi connectivity index (χ0) is 19.2. The minimum absolute atomic E-state index is 0.0260. The van der Waals surface area contributed by atoms with Gasteiger partial charge >= 0.3 is 0 Å². The summed E-state index contributed by atoms with van der Waals surface area (Å²) in [6.07, 6.45) is 2.38. The average molecular weight is 383 g/mol. The second kappa shape index (κ2) is 9.00. The number of aryl methyl sites for hydroxylation is 1. The van der Waals surface area contributed by atoms with Crippen LogP contribution in [-0.2, 0) is 4.79 Å². The van der Waals surface area contributed by atoms with Gasteiger partial charge in [0.2, 0.25) is 0 Å². The summed E-state index contributed by atoms with van der Waals surface area (Å²) < 4.78 is 5.60. The highest BCUT2D eigenvalue weighted by atomic mass is 32.1. The van der Waals surface area contributed by atoms with E-state index in [1.165, 1.54) is 12.8 Å². The van der Waals surface area contributed by atoms with E-state index in [2.05, 4.69) is 17.1 Å². The molecule has 1 N–H and O–H groups in total. The minimum Gasteiger partial charge on any atom is -0.484 e. The molecule has 0 unspecified atom stereocenters. The number of carbonyl (C=O) groups is 1. The minimum atomic E-state index is -0.178. The Balaban J connectivity index is 1.50. The van der Waals surface area contributed by atoms with Gasteiger partial charge in [0.05, 0.1) is 0 Å². The highest BCUT2D eigenvalue weighted by molar-refractivity contribution is 7.80. The van der Waals surface area contributed by atoms with Gasteiger partial charge < -0.3 is 15.0 Å². The van der Waals surface area contributed by atoms with Crippen LogP contribution < -0.4 is 10.1 Å². The third kappa shape index (κ3) is 5.54. The molecule has 1 heterocycles. The molecule has 0 radical (unpaired) electrons. The van der Waals surface area contributed by atoms with Crippen molar-refractivity contribution in [2.24, 2.45) is 5.92 Å². The van der Waals surface area contributed by atoms with Crippen LogP contribution in [0.15, 0.2) is 48.5 Å². The molecule has 0 atom stereocenters. The summed E-state index contributed by atoms with van der Waals surface area (Å²) in [4.78, 5) is 15.2. The maximum atomic E-state index is 12.0. The Hall–Kier alpha value is -2.40. The van der Waals surface area contributed by atoms with Crippen molar-refractivity contribution in [2.75, 3.05) is 25.0 Å². The summed E-state index contributed by atoms with van der Waals surface area (Å²) in [5, 5.41) is 2.84. The first-order valence-corrected chi connectivity index (χ1v) is 9.81. The Morgan fingerprint density at radius 2 is 1.89 bits per heavy atom. The lowest BCUT2D eigenvalue weighted by Crippen LogP contribution is -2.37. The number of carbonyl (C=O) groups excluding carboxylic acids is 1. The SMILES string of the molecule is Cc1cccc(NC(=O)COc2ccc(C(=S)N3CCC(C)CC3)cc2)c1. The van der Waals surface area contributed by atoms with Gasteiger partial charge in [0.1, 0.15) is 10.7 Å². The zero-order valence-electron chi connectivity index (χ0n) is 15.9. The lowest BCUT2D eigenvalue weighted by molar-refractivity contribution is -0.118. The Bertz CT molecular complexity index is 796. The third-order valence-electron chi connectivity index (χ3n) is 4.84. The number of nitrogens with zero attached hydrogens (tertiary/aromatic N) is 1. The van der Waals surface area contributed by atoms with E-state index >= 15 is 0 Å². The lowest BCUT2D eigenvalue weighted by Gasteiger charge is -2.32. The highest BCUT2D eigenvalue weighted by Crippen LogP contribution is 2.20. The first-order valence-electron chi connectivity index (χ1n) is 9.40. The van der Waals surface area contributed by atoms with Crippen molar-refractivity contribution in [2.45, 2.75) is 26.7 Å². The molecule has 0 saturated carbocycles. The molecule has 1 aliphatic rings. The standard InChI is InChI=1S/C22H26N2O2S/c1-16-10-12-24(13-11-16)22(27)18-6-8-20(9-7-18)26-15-21(25)23-19-5-3-4-17(2)14-19/h3-9,14,16H,10-13,15H2,1-2H3,(H,23,25). The number of benzene rings is 2. The molecule has 2 aromatic rings. The molecule has 27 heavy (non-hydrogen) atoms. The Labute approximate surface area is 166 Å². The zero-order valence-corrected chi connectivity index (χ0v) is 16.7. The van der Waals surface area contributed by atoms with Gasteiger partial charge in [0, 0.05) is 24.3 Å². The fraction of sp³-hybridized carbons (Fsp3) is 0.364. The van der Waals surface area contributed by atoms with Crippen LogP contribution in [0.4, 0.5) is 5.69 Å². The van der Waals surface area contributed by atoms with Crippen molar-refractivity contribution < 1.29 is 9.53 Å². The molecule has 0 bridgehead atoms. The van der Waals surface area contributed by atoms with E-state index < -0.39 is 0 Å². The topological polar surface area (TPSA) is 41.6 Å². The second-order valence-electron chi connectivity index (χ2n) is 7.21. The predicted octanol–water partition coefficient (Wildman–Crippen LogP) is 4.42. The van der Waals surface area contributed by atoms with Crippen LogP contribution in [0.2, 0.25) is 0 Å². The van der Waals surface area contributed by atoms with Crippen LogP contribution in [0.5, 0.6) is 5.75 Å². The molecule has 5 heteroatoms. The van der Waals surface area contributed by atoms with Crippen LogP contribution in [0.25, 0.3) is 0 Å². The predicted molar refractivity (Wildman–Crippen MR) is 113 cm³/mol. The molecule has 1 saturated heterocycles. The number of piperidine rings is 1. The van der Waals surface area contributed by atoms with Gasteiger partial charge in [0.15, 0.2) is 6.61 Å². The second-order valence-corrected chi connectivity index (χ2v) is 7.59. The third-order valence-corrected chi connectivity index (χ3v) is 5.34. The molecule has 0 spiro atoms. The molecule has 0 aliphatic carbocycles. The normalized spacial score (nSPS) is 14.7. The Morgan fingerprint density at radius 1 is 1.19 bits per heavy atom. The summed E-state index contributed by atoms with van der Waals surface area (Å²) in [7, 11) is 0. The number of likely N-dealkylation sites (tertiary alicyclic amines) is 1. The fourth-order valence-electron chi connectivity index (χ4n) is 3.16. The molecular formula is C22H26N2O2S. The van der Waals surface area contributed by atoms with Gasteiger partial charge in [-0.05, 0) is 67.6 Å². The van der Waals surface area contributed by atoms with Crippen molar-refractivity contribution >= 4 is 28.8 Å². The first kappa shape index (κ1) is 19.4. The van der Waals surface area contributed by atoms with E-state index in [0.29, 0.717) is 5.75 Å². The lowest BCUT2D eigenvalue weighted by atomic mass is 9.99. The molecule has 1 fully saturated rings. The molecule has 1 amide bonds. The maximum Gasteiger partial charge on any atom is 0.262 e. The van der Waals surface area contributed by atoms with Gasteiger partial charge in [-0.15, -0.1) is 0 Å². The van der Waals surface area contributed by atoms with Crippen LogP contribution in [0.3, 0.4) is 0 Å². The maximum absolute atomic E-state index is 12.0. The highest BCUT2D eigenvalue weighted by Gasteiger charge is 2.18. The van der Waals surface area contributed by atoms with Gasteiger partial charge in [-0.2, -0.15) is 0 Å². The van der Waals surface area contributed by atoms with E-state index in [4.69, 9.17) is 17.0 Å². The van der Waals surface area contributed by atoms with Gasteiger partial charge in [0.25, 0.3) is 5.91 Å². The Kier molecular flexibility index (Phi) is 6.45. The monoisotopic (exact) mass is 382 g/mol.